The maximum atomic E-state index is 11.8. The lowest BCUT2D eigenvalue weighted by Gasteiger charge is -1.96. The van der Waals surface area contributed by atoms with Crippen molar-refractivity contribution in [2.75, 3.05) is 0 Å². The van der Waals surface area contributed by atoms with Gasteiger partial charge in [0.15, 0.2) is 5.58 Å². The van der Waals surface area contributed by atoms with E-state index in [0.29, 0.717) is 22.0 Å². The third kappa shape index (κ3) is 2.00. The largest absolute Gasteiger partial charge is 0.440 e. The summed E-state index contributed by atoms with van der Waals surface area (Å²) in [7, 11) is 0. The van der Waals surface area contributed by atoms with E-state index in [0.717, 1.165) is 0 Å². The minimum atomic E-state index is -0.148. The van der Waals surface area contributed by atoms with E-state index in [1.807, 2.05) is 0 Å². The molecule has 0 unspecified atom stereocenters. The number of hydrogen-bond donors (Lipinski definition) is 0. The molecule has 0 bridgehead atoms. The molecule has 90 valence electrons. The summed E-state index contributed by atoms with van der Waals surface area (Å²) < 4.78 is 6.86. The number of benzene rings is 1. The summed E-state index contributed by atoms with van der Waals surface area (Å²) in [4.78, 5) is 19.8. The fourth-order valence-electron chi connectivity index (χ4n) is 1.65. The van der Waals surface area contributed by atoms with Gasteiger partial charge in [-0.3, -0.25) is 9.36 Å². The molecule has 0 radical (unpaired) electrons. The van der Waals surface area contributed by atoms with Gasteiger partial charge in [0.1, 0.15) is 18.3 Å². The highest BCUT2D eigenvalue weighted by molar-refractivity contribution is 6.31. The Morgan fingerprint density at radius 2 is 2.33 bits per heavy atom. The topological polar surface area (TPSA) is 60.9 Å². The first-order chi connectivity index (χ1) is 8.72. The molecule has 1 aromatic carbocycles. The molecule has 0 aliphatic rings. The van der Waals surface area contributed by atoms with Crippen LogP contribution in [0.1, 0.15) is 10.7 Å². The van der Waals surface area contributed by atoms with E-state index in [2.05, 4.69) is 9.97 Å². The van der Waals surface area contributed by atoms with E-state index >= 15 is 0 Å². The Hall–Kier alpha value is -2.14. The van der Waals surface area contributed by atoms with Crippen LogP contribution in [0.2, 0.25) is 5.02 Å². The third-order valence-corrected chi connectivity index (χ3v) is 2.72. The molecule has 5 nitrogen and oxygen atoms in total. The van der Waals surface area contributed by atoms with Crippen molar-refractivity contribution >= 4 is 28.6 Å². The summed E-state index contributed by atoms with van der Waals surface area (Å²) in [6, 6.07) is 5.15. The second kappa shape index (κ2) is 4.27. The molecule has 0 saturated carbocycles. The van der Waals surface area contributed by atoms with Gasteiger partial charge in [-0.1, -0.05) is 11.6 Å². The molecule has 0 amide bonds. The molecule has 18 heavy (non-hydrogen) atoms. The lowest BCUT2D eigenvalue weighted by atomic mass is 10.3. The lowest BCUT2D eigenvalue weighted by molar-refractivity contribution is 0.0906. The highest BCUT2D eigenvalue weighted by atomic mass is 35.5. The van der Waals surface area contributed by atoms with E-state index in [-0.39, 0.29) is 12.3 Å². The second-order valence-electron chi connectivity index (χ2n) is 3.76. The number of imidazole rings is 1. The minimum absolute atomic E-state index is 0.0860. The van der Waals surface area contributed by atoms with Crippen LogP contribution in [0.3, 0.4) is 0 Å². The number of aromatic nitrogens is 3. The van der Waals surface area contributed by atoms with Crippen molar-refractivity contribution in [3.8, 4) is 0 Å². The maximum absolute atomic E-state index is 11.8. The van der Waals surface area contributed by atoms with Gasteiger partial charge < -0.3 is 4.42 Å². The Morgan fingerprint density at radius 3 is 3.11 bits per heavy atom. The molecule has 0 N–H and O–H groups in total. The smallest absolute Gasteiger partial charge is 0.241 e. The van der Waals surface area contributed by atoms with Crippen LogP contribution in [0.4, 0.5) is 0 Å². The first kappa shape index (κ1) is 11.0. The number of carbonyl (C=O) groups is 1. The zero-order chi connectivity index (χ0) is 12.5. The van der Waals surface area contributed by atoms with Crippen LogP contribution in [-0.2, 0) is 6.42 Å². The molecule has 0 spiro atoms. The van der Waals surface area contributed by atoms with Gasteiger partial charge in [0.2, 0.25) is 11.8 Å². The molecule has 6 heteroatoms. The van der Waals surface area contributed by atoms with Gasteiger partial charge in [0.25, 0.3) is 0 Å². The van der Waals surface area contributed by atoms with Gasteiger partial charge in [-0.2, -0.15) is 0 Å². The monoisotopic (exact) mass is 261 g/mol. The molecular formula is C12H8ClN3O2. The number of carbonyl (C=O) groups excluding carboxylic acids is 1. The summed E-state index contributed by atoms with van der Waals surface area (Å²) in [5, 5.41) is 0.586. The van der Waals surface area contributed by atoms with Crippen molar-refractivity contribution in [2.45, 2.75) is 6.42 Å². The first-order valence-corrected chi connectivity index (χ1v) is 5.66. The van der Waals surface area contributed by atoms with Gasteiger partial charge in [0, 0.05) is 17.4 Å². The van der Waals surface area contributed by atoms with Crippen molar-refractivity contribution in [1.82, 2.24) is 14.5 Å². The van der Waals surface area contributed by atoms with Gasteiger partial charge >= 0.3 is 0 Å². The van der Waals surface area contributed by atoms with Crippen LogP contribution in [0.15, 0.2) is 41.3 Å². The van der Waals surface area contributed by atoms with Crippen molar-refractivity contribution in [1.29, 1.82) is 0 Å². The Bertz CT molecular complexity index is 703. The highest BCUT2D eigenvalue weighted by Crippen LogP contribution is 2.20. The molecule has 0 aliphatic heterocycles. The van der Waals surface area contributed by atoms with Crippen LogP contribution in [-0.4, -0.2) is 20.4 Å². The molecule has 2 aromatic heterocycles. The van der Waals surface area contributed by atoms with Crippen molar-refractivity contribution < 1.29 is 9.21 Å². The summed E-state index contributed by atoms with van der Waals surface area (Å²) in [6.45, 7) is 0. The molecular weight excluding hydrogens is 254 g/mol. The van der Waals surface area contributed by atoms with Crippen molar-refractivity contribution in [3.63, 3.8) is 0 Å². The van der Waals surface area contributed by atoms with Crippen LogP contribution >= 0.6 is 11.6 Å². The molecule has 2 heterocycles. The van der Waals surface area contributed by atoms with E-state index in [4.69, 9.17) is 16.0 Å². The fraction of sp³-hybridized carbons (Fsp3) is 0.0833. The van der Waals surface area contributed by atoms with Crippen LogP contribution in [0, 0.1) is 0 Å². The molecule has 0 fully saturated rings. The standard InChI is InChI=1S/C12H8ClN3O2/c13-8-1-2-10-9(5-8)15-11(18-10)6-12(17)16-4-3-14-7-16/h1-5,7H,6H2. The number of fused-ring (bicyclic) bond motifs is 1. The zero-order valence-electron chi connectivity index (χ0n) is 9.21. The van der Waals surface area contributed by atoms with E-state index in [1.165, 1.54) is 10.9 Å². The number of halogens is 1. The average molecular weight is 262 g/mol. The SMILES string of the molecule is O=C(Cc1nc2cc(Cl)ccc2o1)n1ccnc1. The molecule has 3 rings (SSSR count). The molecule has 0 saturated heterocycles. The van der Waals surface area contributed by atoms with Gasteiger partial charge in [-0.25, -0.2) is 9.97 Å². The highest BCUT2D eigenvalue weighted by Gasteiger charge is 2.12. The number of oxazole rings is 1. The minimum Gasteiger partial charge on any atom is -0.440 e. The molecule has 0 atom stereocenters. The van der Waals surface area contributed by atoms with E-state index in [1.54, 1.807) is 30.6 Å². The quantitative estimate of drug-likeness (QED) is 0.711. The first-order valence-electron chi connectivity index (χ1n) is 5.28. The predicted molar refractivity (Wildman–Crippen MR) is 65.6 cm³/mol. The van der Waals surface area contributed by atoms with Crippen LogP contribution in [0.25, 0.3) is 11.1 Å². The predicted octanol–water partition coefficient (Wildman–Crippen LogP) is 2.56. The van der Waals surface area contributed by atoms with Crippen molar-refractivity contribution in [3.05, 3.63) is 47.8 Å². The Labute approximate surface area is 107 Å². The Kier molecular flexibility index (Phi) is 2.60. The Morgan fingerprint density at radius 1 is 1.44 bits per heavy atom. The van der Waals surface area contributed by atoms with E-state index in [9.17, 15) is 4.79 Å². The summed E-state index contributed by atoms with van der Waals surface area (Å²) >= 11 is 5.85. The normalized spacial score (nSPS) is 10.9. The van der Waals surface area contributed by atoms with Crippen molar-refractivity contribution in [2.24, 2.45) is 0 Å². The Balaban J connectivity index is 1.89. The van der Waals surface area contributed by atoms with E-state index < -0.39 is 0 Å². The zero-order valence-corrected chi connectivity index (χ0v) is 9.96. The third-order valence-electron chi connectivity index (χ3n) is 2.49. The van der Waals surface area contributed by atoms with Crippen LogP contribution in [0.5, 0.6) is 0 Å². The summed E-state index contributed by atoms with van der Waals surface area (Å²) in [6.07, 6.45) is 4.66. The number of rotatable bonds is 2. The van der Waals surface area contributed by atoms with Crippen LogP contribution < -0.4 is 0 Å². The average Bonchev–Trinajstić information content (AvgIpc) is 2.95. The maximum Gasteiger partial charge on any atom is 0.241 e. The van der Waals surface area contributed by atoms with Gasteiger partial charge in [-0.15, -0.1) is 0 Å². The lowest BCUT2D eigenvalue weighted by Crippen LogP contribution is -2.11. The second-order valence-corrected chi connectivity index (χ2v) is 4.20. The molecule has 3 aromatic rings. The molecule has 0 aliphatic carbocycles. The van der Waals surface area contributed by atoms with Gasteiger partial charge in [-0.05, 0) is 18.2 Å². The summed E-state index contributed by atoms with van der Waals surface area (Å²) in [5.41, 5.74) is 1.27. The van der Waals surface area contributed by atoms with Gasteiger partial charge in [0.05, 0.1) is 0 Å². The number of hydrogen-bond acceptors (Lipinski definition) is 4. The summed E-state index contributed by atoms with van der Waals surface area (Å²) in [5.74, 6) is 0.219. The fourth-order valence-corrected chi connectivity index (χ4v) is 1.82. The number of nitrogens with zero attached hydrogens (tertiary/aromatic N) is 3.